The Morgan fingerprint density at radius 3 is 1.19 bits per heavy atom. The first-order chi connectivity index (χ1) is 14.3. The van der Waals surface area contributed by atoms with Gasteiger partial charge in [-0.15, -0.1) is 0 Å². The number of ether oxygens (including phenoxy) is 2. The van der Waals surface area contributed by atoms with Crippen LogP contribution < -0.4 is 0 Å². The maximum absolute atomic E-state index is 11.8. The van der Waals surface area contributed by atoms with Crippen molar-refractivity contribution in [1.82, 2.24) is 0 Å². The lowest BCUT2D eigenvalue weighted by Gasteiger charge is -2.16. The van der Waals surface area contributed by atoms with Crippen LogP contribution in [0.2, 0.25) is 0 Å². The first kappa shape index (κ1) is 30.0. The van der Waals surface area contributed by atoms with Crippen LogP contribution in [0.4, 0.5) is 0 Å². The summed E-state index contributed by atoms with van der Waals surface area (Å²) >= 11 is 0. The van der Waals surface area contributed by atoms with Crippen LogP contribution in [-0.2, 0) is 32.7 Å². The van der Waals surface area contributed by atoms with Gasteiger partial charge < -0.3 is 14.4 Å². The van der Waals surface area contributed by atoms with E-state index in [9.17, 15) is 19.0 Å². The molecule has 8 nitrogen and oxygen atoms in total. The van der Waals surface area contributed by atoms with Crippen molar-refractivity contribution in [2.24, 2.45) is 10.8 Å². The van der Waals surface area contributed by atoms with Crippen LogP contribution in [0.1, 0.15) is 92.9 Å². The molecule has 0 spiro atoms. The molecule has 1 N–H and O–H groups in total. The number of unbranched alkanes of at least 4 members (excludes halogenated alkanes) is 6. The van der Waals surface area contributed by atoms with E-state index >= 15 is 0 Å². The van der Waals surface area contributed by atoms with Crippen LogP contribution >= 0.6 is 7.82 Å². The summed E-state index contributed by atoms with van der Waals surface area (Å²) in [5.74, 6) is -0.420. The van der Waals surface area contributed by atoms with E-state index in [0.717, 1.165) is 38.5 Å². The van der Waals surface area contributed by atoms with Gasteiger partial charge in [-0.3, -0.25) is 18.6 Å². The Balaban J connectivity index is 3.58. The highest BCUT2D eigenvalue weighted by Gasteiger charge is 2.23. The molecule has 9 heteroatoms. The average molecular weight is 467 g/mol. The molecule has 0 aliphatic rings. The Morgan fingerprint density at radius 2 is 0.903 bits per heavy atom. The highest BCUT2D eigenvalue weighted by atomic mass is 31.2. The Labute approximate surface area is 188 Å². The van der Waals surface area contributed by atoms with Gasteiger partial charge in [0.2, 0.25) is 0 Å². The zero-order valence-electron chi connectivity index (χ0n) is 20.2. The van der Waals surface area contributed by atoms with Gasteiger partial charge in [0, 0.05) is 0 Å². The number of carbonyl (C=O) groups excluding carboxylic acids is 2. The summed E-state index contributed by atoms with van der Waals surface area (Å²) in [4.78, 5) is 32.9. The average Bonchev–Trinajstić information content (AvgIpc) is 2.63. The predicted molar refractivity (Wildman–Crippen MR) is 119 cm³/mol. The lowest BCUT2D eigenvalue weighted by molar-refractivity contribution is -0.153. The number of hydrogen-bond donors (Lipinski definition) is 1. The lowest BCUT2D eigenvalue weighted by Crippen LogP contribution is -2.23. The molecule has 0 bridgehead atoms. The van der Waals surface area contributed by atoms with E-state index in [1.54, 1.807) is 0 Å². The molecule has 0 saturated heterocycles. The normalized spacial score (nSPS) is 12.6. The van der Waals surface area contributed by atoms with E-state index in [2.05, 4.69) is 0 Å². The van der Waals surface area contributed by atoms with Crippen molar-refractivity contribution in [3.05, 3.63) is 0 Å². The third-order valence-electron chi connectivity index (χ3n) is 4.28. The third kappa shape index (κ3) is 17.3. The summed E-state index contributed by atoms with van der Waals surface area (Å²) in [6, 6.07) is 0. The molecule has 0 unspecified atom stereocenters. The SMILES string of the molecule is CC(C)(C)C(=O)OCCCCCCOP(=O)(O)OCCCCCCOC(=O)C(C)(C)C. The van der Waals surface area contributed by atoms with Crippen molar-refractivity contribution in [2.75, 3.05) is 26.4 Å². The molecule has 0 heterocycles. The minimum absolute atomic E-state index is 0.148. The van der Waals surface area contributed by atoms with Gasteiger partial charge in [0.15, 0.2) is 0 Å². The van der Waals surface area contributed by atoms with Crippen molar-refractivity contribution in [1.29, 1.82) is 0 Å². The van der Waals surface area contributed by atoms with E-state index in [4.69, 9.17) is 18.5 Å². The number of hydrogen-bond acceptors (Lipinski definition) is 7. The van der Waals surface area contributed by atoms with Crippen LogP contribution in [0.3, 0.4) is 0 Å². The van der Waals surface area contributed by atoms with E-state index in [0.29, 0.717) is 26.1 Å². The molecule has 0 aromatic carbocycles. The van der Waals surface area contributed by atoms with Gasteiger partial charge in [0.25, 0.3) is 0 Å². The lowest BCUT2D eigenvalue weighted by atomic mass is 9.97. The second-order valence-electron chi connectivity index (χ2n) is 9.74. The molecule has 0 aliphatic carbocycles. The van der Waals surface area contributed by atoms with Gasteiger partial charge in [0.1, 0.15) is 0 Å². The summed E-state index contributed by atoms with van der Waals surface area (Å²) in [5, 5.41) is 0. The maximum Gasteiger partial charge on any atom is 0.472 e. The number of carbonyl (C=O) groups is 2. The van der Waals surface area contributed by atoms with Gasteiger partial charge in [-0.25, -0.2) is 4.57 Å². The molecule has 0 rings (SSSR count). The fourth-order valence-electron chi connectivity index (χ4n) is 2.28. The minimum atomic E-state index is -4.02. The molecule has 0 radical (unpaired) electrons. The number of esters is 2. The van der Waals surface area contributed by atoms with Crippen molar-refractivity contribution < 1.29 is 37.6 Å². The Bertz CT molecular complexity index is 517. The highest BCUT2D eigenvalue weighted by molar-refractivity contribution is 7.47. The molecule has 0 aromatic rings. The minimum Gasteiger partial charge on any atom is -0.465 e. The maximum atomic E-state index is 11.8. The van der Waals surface area contributed by atoms with Crippen LogP contribution in [0, 0.1) is 10.8 Å². The quantitative estimate of drug-likeness (QED) is 0.182. The Kier molecular flexibility index (Phi) is 14.5. The van der Waals surface area contributed by atoms with Crippen LogP contribution in [-0.4, -0.2) is 43.3 Å². The van der Waals surface area contributed by atoms with Crippen molar-refractivity contribution >= 4 is 19.8 Å². The molecule has 0 amide bonds. The summed E-state index contributed by atoms with van der Waals surface area (Å²) < 4.78 is 32.1. The van der Waals surface area contributed by atoms with Crippen molar-refractivity contribution in [3.63, 3.8) is 0 Å². The molecular weight excluding hydrogens is 423 g/mol. The second kappa shape index (κ2) is 15.0. The molecule has 0 saturated carbocycles. The van der Waals surface area contributed by atoms with E-state index in [1.807, 2.05) is 41.5 Å². The smallest absolute Gasteiger partial charge is 0.465 e. The number of phosphoric ester groups is 1. The van der Waals surface area contributed by atoms with Crippen LogP contribution in [0.5, 0.6) is 0 Å². The van der Waals surface area contributed by atoms with Crippen molar-refractivity contribution in [3.8, 4) is 0 Å². The second-order valence-corrected chi connectivity index (χ2v) is 11.2. The number of rotatable bonds is 16. The Hall–Kier alpha value is -0.950. The van der Waals surface area contributed by atoms with Crippen LogP contribution in [0.25, 0.3) is 0 Å². The molecule has 0 aliphatic heterocycles. The van der Waals surface area contributed by atoms with Gasteiger partial charge >= 0.3 is 19.8 Å². The molecule has 0 aromatic heterocycles. The van der Waals surface area contributed by atoms with E-state index in [-0.39, 0.29) is 25.2 Å². The first-order valence-electron chi connectivity index (χ1n) is 11.2. The standard InChI is InChI=1S/C22H43O8P/c1-21(2,3)19(23)27-15-11-7-9-13-17-29-31(25,26)30-18-14-10-8-12-16-28-20(24)22(4,5)6/h7-18H2,1-6H3,(H,25,26). The van der Waals surface area contributed by atoms with E-state index in [1.165, 1.54) is 0 Å². The summed E-state index contributed by atoms with van der Waals surface area (Å²) in [5.41, 5.74) is -0.978. The van der Waals surface area contributed by atoms with Crippen molar-refractivity contribution in [2.45, 2.75) is 92.9 Å². The van der Waals surface area contributed by atoms with Gasteiger partial charge in [-0.1, -0.05) is 12.8 Å². The van der Waals surface area contributed by atoms with Gasteiger partial charge in [-0.2, -0.15) is 0 Å². The molecule has 184 valence electrons. The fraction of sp³-hybridized carbons (Fsp3) is 0.909. The monoisotopic (exact) mass is 466 g/mol. The summed E-state index contributed by atoms with van der Waals surface area (Å²) in [6.45, 7) is 12.0. The van der Waals surface area contributed by atoms with Crippen LogP contribution in [0.15, 0.2) is 0 Å². The molecule has 0 atom stereocenters. The molecule has 0 fully saturated rings. The topological polar surface area (TPSA) is 108 Å². The predicted octanol–water partition coefficient (Wildman–Crippen LogP) is 5.42. The summed E-state index contributed by atoms with van der Waals surface area (Å²) in [6.07, 6.45) is 6.10. The Morgan fingerprint density at radius 1 is 0.613 bits per heavy atom. The zero-order valence-corrected chi connectivity index (χ0v) is 21.1. The molecular formula is C22H43O8P. The van der Waals surface area contributed by atoms with Gasteiger partial charge in [-0.05, 0) is 80.1 Å². The van der Waals surface area contributed by atoms with Gasteiger partial charge in [0.05, 0.1) is 37.3 Å². The highest BCUT2D eigenvalue weighted by Crippen LogP contribution is 2.43. The number of phosphoric acid groups is 1. The fourth-order valence-corrected chi connectivity index (χ4v) is 3.07. The summed E-state index contributed by atoms with van der Waals surface area (Å²) in [7, 11) is -4.02. The largest absolute Gasteiger partial charge is 0.472 e. The third-order valence-corrected chi connectivity index (χ3v) is 5.29. The first-order valence-corrected chi connectivity index (χ1v) is 12.7. The zero-order chi connectivity index (χ0) is 24.0. The molecule has 31 heavy (non-hydrogen) atoms. The van der Waals surface area contributed by atoms with E-state index < -0.39 is 18.7 Å².